The summed E-state index contributed by atoms with van der Waals surface area (Å²) < 4.78 is 0. The zero-order valence-electron chi connectivity index (χ0n) is 14.7. The van der Waals surface area contributed by atoms with Crippen LogP contribution in [0.15, 0.2) is 78.9 Å². The van der Waals surface area contributed by atoms with Gasteiger partial charge >= 0.3 is 6.03 Å². The molecule has 0 aliphatic carbocycles. The maximum atomic E-state index is 13.3. The van der Waals surface area contributed by atoms with Crippen LogP contribution in [0.2, 0.25) is 10.0 Å². The number of hydrogen-bond donors (Lipinski definition) is 1. The highest BCUT2D eigenvalue weighted by Crippen LogP contribution is 2.34. The van der Waals surface area contributed by atoms with Crippen molar-refractivity contribution in [1.29, 1.82) is 0 Å². The number of halogens is 2. The Kier molecular flexibility index (Phi) is 5.07. The van der Waals surface area contributed by atoms with Gasteiger partial charge in [-0.15, -0.1) is 0 Å². The molecule has 3 aromatic carbocycles. The van der Waals surface area contributed by atoms with Gasteiger partial charge in [0.1, 0.15) is 6.04 Å². The van der Waals surface area contributed by atoms with E-state index in [1.165, 1.54) is 0 Å². The van der Waals surface area contributed by atoms with Crippen LogP contribution in [0, 0.1) is 0 Å². The minimum Gasteiger partial charge on any atom is -0.324 e. The Morgan fingerprint density at radius 2 is 1.29 bits per heavy atom. The highest BCUT2D eigenvalue weighted by Gasteiger charge is 2.44. The summed E-state index contributed by atoms with van der Waals surface area (Å²) in [4.78, 5) is 27.1. The van der Waals surface area contributed by atoms with Crippen molar-refractivity contribution in [3.05, 3.63) is 100 Å². The average Bonchev–Trinajstić information content (AvgIpc) is 2.97. The summed E-state index contributed by atoms with van der Waals surface area (Å²) >= 11 is 12.1. The van der Waals surface area contributed by atoms with Gasteiger partial charge in [-0.1, -0.05) is 83.9 Å². The molecular weight excluding hydrogens is 395 g/mol. The smallest absolute Gasteiger partial charge is 0.324 e. The summed E-state index contributed by atoms with van der Waals surface area (Å²) in [7, 11) is 0. The lowest BCUT2D eigenvalue weighted by Gasteiger charge is -2.23. The quantitative estimate of drug-likeness (QED) is 0.597. The van der Waals surface area contributed by atoms with Gasteiger partial charge in [0.25, 0.3) is 5.91 Å². The Morgan fingerprint density at radius 1 is 0.786 bits per heavy atom. The molecule has 0 spiro atoms. The fraction of sp³-hybridized carbons (Fsp3) is 0.0909. The number of carbonyl (C=O) groups excluding carboxylic acids is 2. The minimum atomic E-state index is -0.741. The minimum absolute atomic E-state index is 0.321. The van der Waals surface area contributed by atoms with Crippen molar-refractivity contribution < 1.29 is 9.59 Å². The molecule has 1 saturated heterocycles. The number of rotatable bonds is 4. The molecule has 1 N–H and O–H groups in total. The molecule has 3 aromatic rings. The second-order valence-corrected chi connectivity index (χ2v) is 7.40. The van der Waals surface area contributed by atoms with E-state index in [-0.39, 0.29) is 11.8 Å². The van der Waals surface area contributed by atoms with Crippen molar-refractivity contribution in [3.63, 3.8) is 0 Å². The molecule has 28 heavy (non-hydrogen) atoms. The first-order valence-electron chi connectivity index (χ1n) is 8.75. The lowest BCUT2D eigenvalue weighted by Crippen LogP contribution is -2.36. The van der Waals surface area contributed by atoms with Gasteiger partial charge in [0, 0.05) is 16.0 Å². The number of imide groups is 1. The lowest BCUT2D eigenvalue weighted by molar-refractivity contribution is -0.118. The van der Waals surface area contributed by atoms with E-state index in [9.17, 15) is 9.59 Å². The largest absolute Gasteiger partial charge is 0.329 e. The molecule has 1 atom stereocenters. The average molecular weight is 411 g/mol. The number of anilines is 1. The summed E-state index contributed by atoms with van der Waals surface area (Å²) in [6, 6.07) is 22.7. The van der Waals surface area contributed by atoms with Crippen molar-refractivity contribution in [2.75, 3.05) is 4.90 Å². The molecule has 1 aliphatic rings. The van der Waals surface area contributed by atoms with Crippen LogP contribution in [0.4, 0.5) is 10.5 Å². The van der Waals surface area contributed by atoms with Crippen LogP contribution in [0.5, 0.6) is 0 Å². The molecule has 1 fully saturated rings. The summed E-state index contributed by atoms with van der Waals surface area (Å²) in [5.41, 5.74) is 2.24. The van der Waals surface area contributed by atoms with Crippen LogP contribution in [-0.4, -0.2) is 18.0 Å². The molecule has 0 bridgehead atoms. The van der Waals surface area contributed by atoms with Crippen molar-refractivity contribution in [2.24, 2.45) is 0 Å². The van der Waals surface area contributed by atoms with E-state index in [4.69, 9.17) is 23.2 Å². The van der Waals surface area contributed by atoms with Gasteiger partial charge < -0.3 is 5.32 Å². The zero-order valence-corrected chi connectivity index (χ0v) is 16.2. The molecule has 140 valence electrons. The van der Waals surface area contributed by atoms with Gasteiger partial charge in [0.05, 0.1) is 5.69 Å². The Bertz CT molecular complexity index is 965. The number of hydrogen-bond acceptors (Lipinski definition) is 2. The van der Waals surface area contributed by atoms with E-state index >= 15 is 0 Å². The Labute approximate surface area is 172 Å². The third-order valence-corrected chi connectivity index (χ3v) is 5.16. The molecule has 4 nitrogen and oxygen atoms in total. The number of nitrogens with one attached hydrogen (secondary N) is 1. The monoisotopic (exact) mass is 410 g/mol. The van der Waals surface area contributed by atoms with Crippen LogP contribution in [0.3, 0.4) is 0 Å². The van der Waals surface area contributed by atoms with E-state index in [2.05, 4.69) is 5.32 Å². The molecule has 0 radical (unpaired) electrons. The molecule has 6 heteroatoms. The Hall–Kier alpha value is -2.82. The standard InChI is InChI=1S/C22H16Cl2N2O2/c23-16-11-17(24)13-18(12-16)26-21(27)20(25-22(26)28)19(14-7-3-1-4-8-14)15-9-5-2-6-10-15/h1-13,19-20H,(H,25,28). The molecule has 3 amide bonds. The maximum absolute atomic E-state index is 13.3. The second-order valence-electron chi connectivity index (χ2n) is 6.53. The number of carbonyl (C=O) groups is 2. The lowest BCUT2D eigenvalue weighted by atomic mass is 9.85. The highest BCUT2D eigenvalue weighted by molar-refractivity contribution is 6.35. The first-order chi connectivity index (χ1) is 13.5. The normalized spacial score (nSPS) is 16.5. The number of benzene rings is 3. The number of nitrogens with zero attached hydrogens (tertiary/aromatic N) is 1. The van der Waals surface area contributed by atoms with Gasteiger partial charge in [-0.3, -0.25) is 4.79 Å². The fourth-order valence-electron chi connectivity index (χ4n) is 3.54. The van der Waals surface area contributed by atoms with Crippen LogP contribution in [0.25, 0.3) is 0 Å². The van der Waals surface area contributed by atoms with Gasteiger partial charge in [-0.05, 0) is 29.3 Å². The highest BCUT2D eigenvalue weighted by atomic mass is 35.5. The Balaban J connectivity index is 1.76. The molecule has 4 rings (SSSR count). The summed E-state index contributed by atoms with van der Waals surface area (Å²) in [6.45, 7) is 0. The molecule has 0 aromatic heterocycles. The van der Waals surface area contributed by atoms with Crippen molar-refractivity contribution in [3.8, 4) is 0 Å². The van der Waals surface area contributed by atoms with Crippen LogP contribution < -0.4 is 10.2 Å². The molecular formula is C22H16Cl2N2O2. The predicted molar refractivity (Wildman–Crippen MR) is 111 cm³/mol. The van der Waals surface area contributed by atoms with Crippen molar-refractivity contribution in [2.45, 2.75) is 12.0 Å². The topological polar surface area (TPSA) is 49.4 Å². The van der Waals surface area contributed by atoms with Gasteiger partial charge in [0.15, 0.2) is 0 Å². The third-order valence-electron chi connectivity index (χ3n) is 4.72. The fourth-order valence-corrected chi connectivity index (χ4v) is 4.05. The zero-order chi connectivity index (χ0) is 19.7. The van der Waals surface area contributed by atoms with Crippen LogP contribution in [-0.2, 0) is 4.79 Å². The molecule has 0 saturated carbocycles. The first-order valence-corrected chi connectivity index (χ1v) is 9.50. The maximum Gasteiger partial charge on any atom is 0.329 e. The van der Waals surface area contributed by atoms with E-state index in [1.54, 1.807) is 18.2 Å². The molecule has 1 aliphatic heterocycles. The van der Waals surface area contributed by atoms with E-state index in [0.29, 0.717) is 15.7 Å². The van der Waals surface area contributed by atoms with Crippen molar-refractivity contribution >= 4 is 40.8 Å². The van der Waals surface area contributed by atoms with Gasteiger partial charge in [-0.25, -0.2) is 9.69 Å². The summed E-state index contributed by atoms with van der Waals surface area (Å²) in [6.07, 6.45) is 0. The SMILES string of the molecule is O=C1NC(C(c2ccccc2)c2ccccc2)C(=O)N1c1cc(Cl)cc(Cl)c1. The van der Waals surface area contributed by atoms with Crippen molar-refractivity contribution in [1.82, 2.24) is 5.32 Å². The Morgan fingerprint density at radius 3 is 1.79 bits per heavy atom. The summed E-state index contributed by atoms with van der Waals surface area (Å²) in [5, 5.41) is 3.55. The van der Waals surface area contributed by atoms with Gasteiger partial charge in [0.2, 0.25) is 0 Å². The number of amides is 3. The van der Waals surface area contributed by atoms with E-state index < -0.39 is 12.1 Å². The predicted octanol–water partition coefficient (Wildman–Crippen LogP) is 5.25. The number of urea groups is 1. The second kappa shape index (κ2) is 7.66. The van der Waals surface area contributed by atoms with E-state index in [1.807, 2.05) is 60.7 Å². The van der Waals surface area contributed by atoms with Crippen LogP contribution >= 0.6 is 23.2 Å². The summed E-state index contributed by atoms with van der Waals surface area (Å²) in [5.74, 6) is -0.667. The van der Waals surface area contributed by atoms with Gasteiger partial charge in [-0.2, -0.15) is 0 Å². The first kappa shape index (κ1) is 18.5. The molecule has 1 heterocycles. The molecule has 1 unspecified atom stereocenters. The van der Waals surface area contributed by atoms with Crippen LogP contribution in [0.1, 0.15) is 17.0 Å². The third kappa shape index (κ3) is 3.49. The van der Waals surface area contributed by atoms with E-state index in [0.717, 1.165) is 16.0 Å².